The molecule has 1 aromatic carbocycles. The van der Waals surface area contributed by atoms with Crippen LogP contribution >= 0.6 is 0 Å². The summed E-state index contributed by atoms with van der Waals surface area (Å²) in [5, 5.41) is 13.5. The van der Waals surface area contributed by atoms with E-state index >= 15 is 0 Å². The first-order chi connectivity index (χ1) is 10.0. The van der Waals surface area contributed by atoms with Gasteiger partial charge in [-0.3, -0.25) is 10.1 Å². The van der Waals surface area contributed by atoms with Gasteiger partial charge in [-0.1, -0.05) is 6.92 Å². The number of urea groups is 1. The summed E-state index contributed by atoms with van der Waals surface area (Å²) < 4.78 is 5.11. The van der Waals surface area contributed by atoms with Gasteiger partial charge < -0.3 is 15.0 Å². The lowest BCUT2D eigenvalue weighted by Gasteiger charge is -2.31. The van der Waals surface area contributed by atoms with Gasteiger partial charge >= 0.3 is 6.03 Å². The zero-order valence-electron chi connectivity index (χ0n) is 12.2. The number of carbonyl (C=O) groups is 1. The highest BCUT2D eigenvalue weighted by Crippen LogP contribution is 2.29. The van der Waals surface area contributed by atoms with Crippen LogP contribution in [0.1, 0.15) is 19.8 Å². The second-order valence-electron chi connectivity index (χ2n) is 5.27. The molecular weight excluding hydrogens is 274 g/mol. The van der Waals surface area contributed by atoms with Gasteiger partial charge in [-0.2, -0.15) is 0 Å². The molecule has 2 amide bonds. The van der Waals surface area contributed by atoms with Crippen LogP contribution in [0.5, 0.6) is 5.75 Å². The van der Waals surface area contributed by atoms with Crippen molar-refractivity contribution < 1.29 is 14.5 Å². The highest BCUT2D eigenvalue weighted by atomic mass is 16.6. The molecule has 1 heterocycles. The van der Waals surface area contributed by atoms with E-state index in [1.807, 2.05) is 0 Å². The Balaban J connectivity index is 2.11. The number of nitrogens with one attached hydrogen (secondary N) is 1. The fourth-order valence-electron chi connectivity index (χ4n) is 2.46. The van der Waals surface area contributed by atoms with Crippen LogP contribution in [-0.4, -0.2) is 36.1 Å². The molecule has 0 bridgehead atoms. The number of nitrogens with zero attached hydrogens (tertiary/aromatic N) is 2. The van der Waals surface area contributed by atoms with Gasteiger partial charge in [-0.05, 0) is 24.8 Å². The molecule has 1 aliphatic heterocycles. The van der Waals surface area contributed by atoms with Gasteiger partial charge in [0.1, 0.15) is 5.75 Å². The quantitative estimate of drug-likeness (QED) is 0.686. The molecule has 1 fully saturated rings. The fourth-order valence-corrected chi connectivity index (χ4v) is 2.46. The molecule has 7 nitrogen and oxygen atoms in total. The van der Waals surface area contributed by atoms with Crippen LogP contribution in [0.3, 0.4) is 0 Å². The van der Waals surface area contributed by atoms with Crippen molar-refractivity contribution in [3.63, 3.8) is 0 Å². The molecule has 2 rings (SSSR count). The number of amides is 2. The second-order valence-corrected chi connectivity index (χ2v) is 5.27. The summed E-state index contributed by atoms with van der Waals surface area (Å²) in [6, 6.07) is 3.93. The largest absolute Gasteiger partial charge is 0.494 e. The Kier molecular flexibility index (Phi) is 4.62. The Labute approximate surface area is 123 Å². The Morgan fingerprint density at radius 2 is 2.29 bits per heavy atom. The molecule has 0 spiro atoms. The van der Waals surface area contributed by atoms with E-state index in [1.165, 1.54) is 25.3 Å². The van der Waals surface area contributed by atoms with Crippen LogP contribution in [-0.2, 0) is 0 Å². The summed E-state index contributed by atoms with van der Waals surface area (Å²) >= 11 is 0. The van der Waals surface area contributed by atoms with Crippen molar-refractivity contribution in [2.45, 2.75) is 19.8 Å². The number of methoxy groups -OCH3 is 1. The van der Waals surface area contributed by atoms with Gasteiger partial charge in [0.2, 0.25) is 0 Å². The molecule has 0 radical (unpaired) electrons. The average Bonchev–Trinajstić information content (AvgIpc) is 2.47. The van der Waals surface area contributed by atoms with Gasteiger partial charge in [0, 0.05) is 19.2 Å². The van der Waals surface area contributed by atoms with Crippen molar-refractivity contribution in [2.75, 3.05) is 25.5 Å². The van der Waals surface area contributed by atoms with Crippen molar-refractivity contribution in [3.8, 4) is 5.75 Å². The SMILES string of the molecule is COc1cc([N+](=O)[O-])ccc1NC(=O)N1CCCC(C)C1. The summed E-state index contributed by atoms with van der Waals surface area (Å²) in [7, 11) is 1.41. The number of rotatable bonds is 3. The highest BCUT2D eigenvalue weighted by Gasteiger charge is 2.22. The van der Waals surface area contributed by atoms with Crippen molar-refractivity contribution >= 4 is 17.4 Å². The van der Waals surface area contributed by atoms with E-state index in [1.54, 1.807) is 4.90 Å². The lowest BCUT2D eigenvalue weighted by Crippen LogP contribution is -2.41. The number of hydrogen-bond donors (Lipinski definition) is 1. The first-order valence-corrected chi connectivity index (χ1v) is 6.89. The van der Waals surface area contributed by atoms with E-state index in [2.05, 4.69) is 12.2 Å². The molecule has 7 heteroatoms. The number of piperidine rings is 1. The maximum atomic E-state index is 12.2. The van der Waals surface area contributed by atoms with E-state index in [4.69, 9.17) is 4.74 Å². The first-order valence-electron chi connectivity index (χ1n) is 6.89. The van der Waals surface area contributed by atoms with Gasteiger partial charge in [0.15, 0.2) is 0 Å². The monoisotopic (exact) mass is 293 g/mol. The van der Waals surface area contributed by atoms with Crippen LogP contribution in [0.25, 0.3) is 0 Å². The topological polar surface area (TPSA) is 84.7 Å². The lowest BCUT2D eigenvalue weighted by molar-refractivity contribution is -0.384. The number of nitro benzene ring substituents is 1. The smallest absolute Gasteiger partial charge is 0.321 e. The predicted molar refractivity (Wildman–Crippen MR) is 78.6 cm³/mol. The lowest BCUT2D eigenvalue weighted by atomic mass is 10.0. The maximum absolute atomic E-state index is 12.2. The molecule has 1 unspecified atom stereocenters. The van der Waals surface area contributed by atoms with Crippen LogP contribution in [0.15, 0.2) is 18.2 Å². The van der Waals surface area contributed by atoms with E-state index in [0.717, 1.165) is 25.9 Å². The Morgan fingerprint density at radius 1 is 1.52 bits per heavy atom. The molecule has 0 saturated carbocycles. The molecule has 21 heavy (non-hydrogen) atoms. The third kappa shape index (κ3) is 3.62. The van der Waals surface area contributed by atoms with Gasteiger partial charge in [-0.25, -0.2) is 4.79 Å². The van der Waals surface area contributed by atoms with Gasteiger partial charge in [0.25, 0.3) is 5.69 Å². The highest BCUT2D eigenvalue weighted by molar-refractivity contribution is 5.91. The minimum Gasteiger partial charge on any atom is -0.494 e. The maximum Gasteiger partial charge on any atom is 0.321 e. The molecule has 1 aromatic rings. The molecule has 1 aliphatic rings. The van der Waals surface area contributed by atoms with E-state index in [-0.39, 0.29) is 17.5 Å². The van der Waals surface area contributed by atoms with Crippen LogP contribution in [0, 0.1) is 16.0 Å². The summed E-state index contributed by atoms with van der Waals surface area (Å²) in [6.45, 7) is 3.57. The normalized spacial score (nSPS) is 18.2. The number of ether oxygens (including phenoxy) is 1. The van der Waals surface area contributed by atoms with E-state index in [0.29, 0.717) is 11.6 Å². The molecule has 1 saturated heterocycles. The summed E-state index contributed by atoms with van der Waals surface area (Å²) in [6.07, 6.45) is 2.12. The molecule has 1 N–H and O–H groups in total. The molecular formula is C14H19N3O4. The molecule has 114 valence electrons. The number of nitro groups is 1. The predicted octanol–water partition coefficient (Wildman–Crippen LogP) is 2.87. The van der Waals surface area contributed by atoms with Crippen molar-refractivity contribution in [3.05, 3.63) is 28.3 Å². The van der Waals surface area contributed by atoms with Gasteiger partial charge in [0.05, 0.1) is 23.8 Å². The fraction of sp³-hybridized carbons (Fsp3) is 0.500. The van der Waals surface area contributed by atoms with Crippen LogP contribution < -0.4 is 10.1 Å². The van der Waals surface area contributed by atoms with Crippen LogP contribution in [0.2, 0.25) is 0 Å². The van der Waals surface area contributed by atoms with E-state index in [9.17, 15) is 14.9 Å². The molecule has 0 aliphatic carbocycles. The number of non-ortho nitro benzene ring substituents is 1. The Morgan fingerprint density at radius 3 is 2.90 bits per heavy atom. The molecule has 0 aromatic heterocycles. The number of likely N-dealkylation sites (tertiary alicyclic amines) is 1. The minimum atomic E-state index is -0.500. The summed E-state index contributed by atoms with van der Waals surface area (Å²) in [5.74, 6) is 0.769. The van der Waals surface area contributed by atoms with Crippen LogP contribution in [0.4, 0.5) is 16.2 Å². The Bertz CT molecular complexity index is 547. The van der Waals surface area contributed by atoms with E-state index < -0.39 is 4.92 Å². The van der Waals surface area contributed by atoms with Crippen molar-refractivity contribution in [1.82, 2.24) is 4.90 Å². The number of benzene rings is 1. The third-order valence-electron chi connectivity index (χ3n) is 3.58. The van der Waals surface area contributed by atoms with Crippen molar-refractivity contribution in [2.24, 2.45) is 5.92 Å². The average molecular weight is 293 g/mol. The Hall–Kier alpha value is -2.31. The first kappa shape index (κ1) is 15.1. The minimum absolute atomic E-state index is 0.0727. The molecule has 1 atom stereocenters. The second kappa shape index (κ2) is 6.43. The van der Waals surface area contributed by atoms with Crippen molar-refractivity contribution in [1.29, 1.82) is 0 Å². The zero-order chi connectivity index (χ0) is 15.4. The number of hydrogen-bond acceptors (Lipinski definition) is 4. The number of anilines is 1. The zero-order valence-corrected chi connectivity index (χ0v) is 12.2. The third-order valence-corrected chi connectivity index (χ3v) is 3.58. The standard InChI is InChI=1S/C14H19N3O4/c1-10-4-3-7-16(9-10)14(18)15-12-6-5-11(17(19)20)8-13(12)21-2/h5-6,8,10H,3-4,7,9H2,1-2H3,(H,15,18). The van der Waals surface area contributed by atoms with Gasteiger partial charge in [-0.15, -0.1) is 0 Å². The summed E-state index contributed by atoms with van der Waals surface area (Å²) in [5.41, 5.74) is 0.364. The summed E-state index contributed by atoms with van der Waals surface area (Å²) in [4.78, 5) is 24.2. The number of carbonyl (C=O) groups excluding carboxylic acids is 1.